The zero-order valence-corrected chi connectivity index (χ0v) is 22.3. The Labute approximate surface area is 232 Å². The molecular formula is C31H28N2O3S2. The molecule has 0 radical (unpaired) electrons. The minimum atomic E-state index is -1.04. The van der Waals surface area contributed by atoms with Gasteiger partial charge in [0.05, 0.1) is 4.75 Å². The standard InChI is InChI=1S/C31H28N2O3S2/c34-28(23-13-5-1-6-14-23)33-30(37)32-27(29(35)36)21-22-38-31(24-15-7-2-8-16-24,25-17-9-3-10-18-25)26-19-11-4-12-20-26/h1-20,27H,21-22H2,(H,35,36)(H2,32,33,34,37). The third-order valence-electron chi connectivity index (χ3n) is 6.13. The van der Waals surface area contributed by atoms with Crippen LogP contribution in [0.25, 0.3) is 0 Å². The third kappa shape index (κ3) is 6.49. The number of carbonyl (C=O) groups excluding carboxylic acids is 1. The second-order valence-corrected chi connectivity index (χ2v) is 10.3. The van der Waals surface area contributed by atoms with E-state index in [0.29, 0.717) is 11.3 Å². The number of hydrogen-bond donors (Lipinski definition) is 3. The summed E-state index contributed by atoms with van der Waals surface area (Å²) in [4.78, 5) is 24.5. The van der Waals surface area contributed by atoms with Crippen molar-refractivity contribution in [3.8, 4) is 0 Å². The topological polar surface area (TPSA) is 78.4 Å². The molecule has 1 amide bonds. The summed E-state index contributed by atoms with van der Waals surface area (Å²) >= 11 is 6.94. The molecule has 4 aromatic carbocycles. The Hall–Kier alpha value is -3.94. The molecule has 4 rings (SSSR count). The van der Waals surface area contributed by atoms with Crippen LogP contribution in [0.15, 0.2) is 121 Å². The van der Waals surface area contributed by atoms with Crippen molar-refractivity contribution in [2.45, 2.75) is 17.2 Å². The van der Waals surface area contributed by atoms with Gasteiger partial charge in [0.1, 0.15) is 6.04 Å². The van der Waals surface area contributed by atoms with Crippen molar-refractivity contribution < 1.29 is 14.7 Å². The van der Waals surface area contributed by atoms with Crippen LogP contribution in [0.1, 0.15) is 33.5 Å². The van der Waals surface area contributed by atoms with Gasteiger partial charge in [-0.3, -0.25) is 10.1 Å². The molecule has 4 aromatic rings. The molecule has 0 bridgehead atoms. The normalized spacial score (nSPS) is 11.8. The number of carboxylic acids is 1. The number of benzene rings is 4. The molecule has 38 heavy (non-hydrogen) atoms. The Morgan fingerprint density at radius 2 is 1.16 bits per heavy atom. The summed E-state index contributed by atoms with van der Waals surface area (Å²) in [5.41, 5.74) is 3.76. The van der Waals surface area contributed by atoms with Crippen LogP contribution < -0.4 is 10.6 Å². The van der Waals surface area contributed by atoms with Crippen molar-refractivity contribution >= 4 is 41.0 Å². The summed E-state index contributed by atoms with van der Waals surface area (Å²) in [5.74, 6) is -0.915. The lowest BCUT2D eigenvalue weighted by atomic mass is 9.84. The highest BCUT2D eigenvalue weighted by Gasteiger charge is 2.37. The molecule has 0 saturated carbocycles. The van der Waals surface area contributed by atoms with Gasteiger partial charge in [0.15, 0.2) is 5.11 Å². The van der Waals surface area contributed by atoms with Crippen molar-refractivity contribution in [1.29, 1.82) is 0 Å². The van der Waals surface area contributed by atoms with E-state index in [-0.39, 0.29) is 11.5 Å². The molecule has 0 aliphatic rings. The third-order valence-corrected chi connectivity index (χ3v) is 7.93. The molecular weight excluding hydrogens is 512 g/mol. The molecule has 0 heterocycles. The lowest BCUT2D eigenvalue weighted by Gasteiger charge is -2.36. The molecule has 0 aromatic heterocycles. The highest BCUT2D eigenvalue weighted by atomic mass is 32.2. The fourth-order valence-electron chi connectivity index (χ4n) is 4.31. The summed E-state index contributed by atoms with van der Waals surface area (Å²) < 4.78 is -0.547. The minimum Gasteiger partial charge on any atom is -0.480 e. The molecule has 0 fully saturated rings. The maximum atomic E-state index is 12.4. The van der Waals surface area contributed by atoms with E-state index in [1.54, 1.807) is 36.0 Å². The molecule has 0 spiro atoms. The lowest BCUT2D eigenvalue weighted by molar-refractivity contribution is -0.139. The maximum Gasteiger partial charge on any atom is 0.326 e. The predicted octanol–water partition coefficient (Wildman–Crippen LogP) is 5.86. The number of nitrogens with one attached hydrogen (secondary N) is 2. The largest absolute Gasteiger partial charge is 0.480 e. The smallest absolute Gasteiger partial charge is 0.326 e. The maximum absolute atomic E-state index is 12.4. The quantitative estimate of drug-likeness (QED) is 0.173. The van der Waals surface area contributed by atoms with Crippen LogP contribution >= 0.6 is 24.0 Å². The van der Waals surface area contributed by atoms with E-state index in [0.717, 1.165) is 16.7 Å². The first-order valence-electron chi connectivity index (χ1n) is 12.2. The fourth-order valence-corrected chi connectivity index (χ4v) is 6.12. The Morgan fingerprint density at radius 1 is 0.737 bits per heavy atom. The minimum absolute atomic E-state index is 0.0169. The van der Waals surface area contributed by atoms with Crippen LogP contribution in [0.2, 0.25) is 0 Å². The molecule has 3 N–H and O–H groups in total. The zero-order valence-electron chi connectivity index (χ0n) is 20.6. The number of aliphatic carboxylic acids is 1. The summed E-state index contributed by atoms with van der Waals surface area (Å²) in [6, 6.07) is 38.4. The summed E-state index contributed by atoms with van der Waals surface area (Å²) in [5, 5.41) is 15.3. The van der Waals surface area contributed by atoms with Crippen molar-refractivity contribution in [3.05, 3.63) is 144 Å². The second kappa shape index (κ2) is 13.0. The summed E-state index contributed by atoms with van der Waals surface area (Å²) in [6.07, 6.45) is 0.287. The Balaban J connectivity index is 1.55. The first-order chi connectivity index (χ1) is 18.5. The van der Waals surface area contributed by atoms with Gasteiger partial charge in [-0.2, -0.15) is 0 Å². The lowest BCUT2D eigenvalue weighted by Crippen LogP contribution is -2.48. The number of thiocarbonyl (C=S) groups is 1. The van der Waals surface area contributed by atoms with Crippen LogP contribution in [0.5, 0.6) is 0 Å². The van der Waals surface area contributed by atoms with Crippen LogP contribution in [0.4, 0.5) is 0 Å². The molecule has 192 valence electrons. The Morgan fingerprint density at radius 3 is 1.58 bits per heavy atom. The average Bonchev–Trinajstić information content (AvgIpc) is 2.96. The zero-order chi connectivity index (χ0) is 26.8. The van der Waals surface area contributed by atoms with E-state index < -0.39 is 22.7 Å². The molecule has 0 aliphatic carbocycles. The molecule has 1 atom stereocenters. The number of carboxylic acid groups (broad SMARTS) is 1. The van der Waals surface area contributed by atoms with E-state index in [9.17, 15) is 14.7 Å². The first kappa shape index (κ1) is 27.1. The van der Waals surface area contributed by atoms with Crippen molar-refractivity contribution in [2.24, 2.45) is 0 Å². The van der Waals surface area contributed by atoms with Crippen LogP contribution in [0.3, 0.4) is 0 Å². The SMILES string of the molecule is O=C(NC(=S)NC(CCSC(c1ccccc1)(c1ccccc1)c1ccccc1)C(=O)O)c1ccccc1. The average molecular weight is 541 g/mol. The monoisotopic (exact) mass is 540 g/mol. The van der Waals surface area contributed by atoms with Gasteiger partial charge in [-0.05, 0) is 53.2 Å². The van der Waals surface area contributed by atoms with Crippen molar-refractivity contribution in [2.75, 3.05) is 5.75 Å². The second-order valence-electron chi connectivity index (χ2n) is 8.60. The van der Waals surface area contributed by atoms with Gasteiger partial charge in [0.25, 0.3) is 5.91 Å². The number of amides is 1. The van der Waals surface area contributed by atoms with Gasteiger partial charge in [-0.1, -0.05) is 109 Å². The van der Waals surface area contributed by atoms with E-state index in [2.05, 4.69) is 47.0 Å². The van der Waals surface area contributed by atoms with E-state index in [1.165, 1.54) is 0 Å². The Bertz CT molecular complexity index is 1250. The van der Waals surface area contributed by atoms with E-state index in [1.807, 2.05) is 60.7 Å². The van der Waals surface area contributed by atoms with Crippen LogP contribution in [0, 0.1) is 0 Å². The number of hydrogen-bond acceptors (Lipinski definition) is 4. The number of carbonyl (C=O) groups is 2. The molecule has 1 unspecified atom stereocenters. The van der Waals surface area contributed by atoms with Crippen molar-refractivity contribution in [1.82, 2.24) is 10.6 Å². The molecule has 5 nitrogen and oxygen atoms in total. The van der Waals surface area contributed by atoms with Gasteiger partial charge < -0.3 is 10.4 Å². The fraction of sp³-hybridized carbons (Fsp3) is 0.129. The highest BCUT2D eigenvalue weighted by molar-refractivity contribution is 8.00. The van der Waals surface area contributed by atoms with Gasteiger partial charge in [-0.25, -0.2) is 4.79 Å². The van der Waals surface area contributed by atoms with E-state index in [4.69, 9.17) is 12.2 Å². The first-order valence-corrected chi connectivity index (χ1v) is 13.6. The van der Waals surface area contributed by atoms with Gasteiger partial charge >= 0.3 is 5.97 Å². The number of rotatable bonds is 10. The van der Waals surface area contributed by atoms with E-state index >= 15 is 0 Å². The Kier molecular flexibility index (Phi) is 9.30. The van der Waals surface area contributed by atoms with Crippen LogP contribution in [-0.4, -0.2) is 33.9 Å². The molecule has 0 aliphatic heterocycles. The number of thioether (sulfide) groups is 1. The summed E-state index contributed by atoms with van der Waals surface area (Å²) in [7, 11) is 0. The molecule has 7 heteroatoms. The van der Waals surface area contributed by atoms with Crippen molar-refractivity contribution in [3.63, 3.8) is 0 Å². The molecule has 0 saturated heterocycles. The van der Waals surface area contributed by atoms with Gasteiger partial charge in [-0.15, -0.1) is 11.8 Å². The van der Waals surface area contributed by atoms with Crippen LogP contribution in [-0.2, 0) is 9.54 Å². The highest BCUT2D eigenvalue weighted by Crippen LogP contribution is 2.48. The predicted molar refractivity (Wildman–Crippen MR) is 157 cm³/mol. The van der Waals surface area contributed by atoms with Gasteiger partial charge in [0.2, 0.25) is 0 Å². The summed E-state index contributed by atoms with van der Waals surface area (Å²) in [6.45, 7) is 0. The van der Waals surface area contributed by atoms with Gasteiger partial charge in [0, 0.05) is 5.56 Å².